The van der Waals surface area contributed by atoms with E-state index in [9.17, 15) is 22.0 Å². The zero-order valence-electron chi connectivity index (χ0n) is 13.9. The number of rotatable bonds is 5. The molecule has 3 rings (SSSR count). The van der Waals surface area contributed by atoms with E-state index in [1.54, 1.807) is 6.92 Å². The Bertz CT molecular complexity index is 760. The zero-order chi connectivity index (χ0) is 18.2. The molecule has 0 spiro atoms. The quantitative estimate of drug-likeness (QED) is 0.834. The molecule has 25 heavy (non-hydrogen) atoms. The number of nitrogens with one attached hydrogen (secondary N) is 1. The highest BCUT2D eigenvalue weighted by molar-refractivity contribution is 7.89. The van der Waals surface area contributed by atoms with Gasteiger partial charge in [0, 0.05) is 38.3 Å². The molecule has 1 saturated carbocycles. The third-order valence-corrected chi connectivity index (χ3v) is 6.57. The third kappa shape index (κ3) is 3.99. The van der Waals surface area contributed by atoms with E-state index in [1.807, 2.05) is 4.90 Å². The molecule has 1 amide bonds. The van der Waals surface area contributed by atoms with Crippen molar-refractivity contribution in [2.75, 3.05) is 26.2 Å². The highest BCUT2D eigenvalue weighted by Gasteiger charge is 2.34. The second kappa shape index (κ2) is 6.97. The van der Waals surface area contributed by atoms with Gasteiger partial charge in [0.25, 0.3) is 0 Å². The van der Waals surface area contributed by atoms with Gasteiger partial charge in [0.1, 0.15) is 16.5 Å². The van der Waals surface area contributed by atoms with Gasteiger partial charge in [0.15, 0.2) is 0 Å². The summed E-state index contributed by atoms with van der Waals surface area (Å²) in [5, 5.41) is 2.93. The van der Waals surface area contributed by atoms with Crippen molar-refractivity contribution in [3.05, 3.63) is 29.8 Å². The minimum Gasteiger partial charge on any atom is -0.352 e. The summed E-state index contributed by atoms with van der Waals surface area (Å²) >= 11 is 0. The van der Waals surface area contributed by atoms with Crippen LogP contribution in [0.4, 0.5) is 8.78 Å². The molecular formula is C16H21F2N3O3S. The predicted molar refractivity (Wildman–Crippen MR) is 87.3 cm³/mol. The van der Waals surface area contributed by atoms with Crippen LogP contribution in [0.3, 0.4) is 0 Å². The fraction of sp³-hybridized carbons (Fsp3) is 0.562. The van der Waals surface area contributed by atoms with Crippen LogP contribution in [0.5, 0.6) is 0 Å². The van der Waals surface area contributed by atoms with Crippen LogP contribution < -0.4 is 5.32 Å². The second-order valence-electron chi connectivity index (χ2n) is 6.47. The van der Waals surface area contributed by atoms with Gasteiger partial charge in [-0.25, -0.2) is 17.2 Å². The molecule has 1 atom stereocenters. The van der Waals surface area contributed by atoms with Crippen LogP contribution in [-0.2, 0) is 14.8 Å². The summed E-state index contributed by atoms with van der Waals surface area (Å²) in [7, 11) is -4.02. The SMILES string of the molecule is C[C@H](C(=O)NC1CC1)N1CCN(S(=O)(=O)c2ccc(F)cc2F)CC1. The van der Waals surface area contributed by atoms with Crippen LogP contribution in [0.15, 0.2) is 23.1 Å². The third-order valence-electron chi connectivity index (χ3n) is 4.64. The Morgan fingerprint density at radius 3 is 2.40 bits per heavy atom. The average Bonchev–Trinajstić information content (AvgIpc) is 3.38. The van der Waals surface area contributed by atoms with E-state index in [1.165, 1.54) is 4.31 Å². The lowest BCUT2D eigenvalue weighted by Gasteiger charge is -2.36. The first-order valence-electron chi connectivity index (χ1n) is 8.28. The molecule has 2 aliphatic rings. The maximum atomic E-state index is 13.8. The van der Waals surface area contributed by atoms with Crippen molar-refractivity contribution < 1.29 is 22.0 Å². The van der Waals surface area contributed by atoms with Gasteiger partial charge >= 0.3 is 0 Å². The lowest BCUT2D eigenvalue weighted by atomic mass is 10.2. The molecule has 0 aromatic heterocycles. The normalized spacial score (nSPS) is 21.1. The van der Waals surface area contributed by atoms with Crippen molar-refractivity contribution >= 4 is 15.9 Å². The number of carbonyl (C=O) groups excluding carboxylic acids is 1. The molecule has 1 aromatic rings. The largest absolute Gasteiger partial charge is 0.352 e. The lowest BCUT2D eigenvalue weighted by molar-refractivity contribution is -0.126. The summed E-state index contributed by atoms with van der Waals surface area (Å²) in [6.45, 7) is 2.85. The molecule has 9 heteroatoms. The molecule has 1 N–H and O–H groups in total. The van der Waals surface area contributed by atoms with Gasteiger partial charge in [-0.15, -0.1) is 0 Å². The molecule has 1 saturated heterocycles. The van der Waals surface area contributed by atoms with E-state index in [-0.39, 0.29) is 31.1 Å². The molecule has 1 heterocycles. The summed E-state index contributed by atoms with van der Waals surface area (Å²) < 4.78 is 53.1. The fourth-order valence-corrected chi connectivity index (χ4v) is 4.34. The topological polar surface area (TPSA) is 69.7 Å². The molecule has 0 bridgehead atoms. The van der Waals surface area contributed by atoms with Crippen LogP contribution >= 0.6 is 0 Å². The first-order valence-corrected chi connectivity index (χ1v) is 9.72. The van der Waals surface area contributed by atoms with Gasteiger partial charge < -0.3 is 5.32 Å². The first kappa shape index (κ1) is 18.2. The molecule has 2 fully saturated rings. The van der Waals surface area contributed by atoms with E-state index in [0.29, 0.717) is 19.2 Å². The lowest BCUT2D eigenvalue weighted by Crippen LogP contribution is -2.55. The van der Waals surface area contributed by atoms with E-state index in [2.05, 4.69) is 5.32 Å². The monoisotopic (exact) mass is 373 g/mol. The highest BCUT2D eigenvalue weighted by atomic mass is 32.2. The Morgan fingerprint density at radius 2 is 1.84 bits per heavy atom. The summed E-state index contributed by atoms with van der Waals surface area (Å²) in [6.07, 6.45) is 2.02. The zero-order valence-corrected chi connectivity index (χ0v) is 14.7. The van der Waals surface area contributed by atoms with Crippen molar-refractivity contribution in [3.63, 3.8) is 0 Å². The number of nitrogens with zero attached hydrogens (tertiary/aromatic N) is 2. The number of benzene rings is 1. The standard InChI is InChI=1S/C16H21F2N3O3S/c1-11(16(22)19-13-3-4-13)20-6-8-21(9-7-20)25(23,24)15-5-2-12(17)10-14(15)18/h2,5,10-11,13H,3-4,6-9H2,1H3,(H,19,22)/t11-/m1/s1. The molecule has 1 aliphatic carbocycles. The van der Waals surface area contributed by atoms with Gasteiger partial charge in [0.2, 0.25) is 15.9 Å². The van der Waals surface area contributed by atoms with Gasteiger partial charge in [-0.2, -0.15) is 4.31 Å². The van der Waals surface area contributed by atoms with Crippen LogP contribution in [-0.4, -0.2) is 61.8 Å². The number of hydrogen-bond acceptors (Lipinski definition) is 4. The molecular weight excluding hydrogens is 352 g/mol. The van der Waals surface area contributed by atoms with Crippen LogP contribution in [0, 0.1) is 11.6 Å². The van der Waals surface area contributed by atoms with E-state index >= 15 is 0 Å². The summed E-state index contributed by atoms with van der Waals surface area (Å²) in [4.78, 5) is 13.5. The number of sulfonamides is 1. The fourth-order valence-electron chi connectivity index (χ4n) is 2.87. The van der Waals surface area contributed by atoms with Gasteiger partial charge in [-0.1, -0.05) is 0 Å². The van der Waals surface area contributed by atoms with Crippen molar-refractivity contribution in [1.82, 2.24) is 14.5 Å². The Hall–Kier alpha value is -1.58. The molecule has 138 valence electrons. The molecule has 0 radical (unpaired) electrons. The predicted octanol–water partition coefficient (Wildman–Crippen LogP) is 0.938. The van der Waals surface area contributed by atoms with Crippen molar-refractivity contribution in [1.29, 1.82) is 0 Å². The summed E-state index contributed by atoms with van der Waals surface area (Å²) in [5.41, 5.74) is 0. The minimum atomic E-state index is -4.02. The smallest absolute Gasteiger partial charge is 0.246 e. The summed E-state index contributed by atoms with van der Waals surface area (Å²) in [5.74, 6) is -1.97. The van der Waals surface area contributed by atoms with Crippen LogP contribution in [0.1, 0.15) is 19.8 Å². The molecule has 6 nitrogen and oxygen atoms in total. The highest BCUT2D eigenvalue weighted by Crippen LogP contribution is 2.22. The van der Waals surface area contributed by atoms with E-state index < -0.39 is 26.6 Å². The van der Waals surface area contributed by atoms with Gasteiger partial charge in [0.05, 0.1) is 6.04 Å². The number of hydrogen-bond donors (Lipinski definition) is 1. The molecule has 0 unspecified atom stereocenters. The van der Waals surface area contributed by atoms with Crippen LogP contribution in [0.2, 0.25) is 0 Å². The van der Waals surface area contributed by atoms with Crippen LogP contribution in [0.25, 0.3) is 0 Å². The van der Waals surface area contributed by atoms with Crippen molar-refractivity contribution in [3.8, 4) is 0 Å². The minimum absolute atomic E-state index is 0.0524. The molecule has 1 aromatic carbocycles. The van der Waals surface area contributed by atoms with Crippen molar-refractivity contribution in [2.45, 2.75) is 36.7 Å². The average molecular weight is 373 g/mol. The summed E-state index contributed by atoms with van der Waals surface area (Å²) in [6, 6.07) is 2.37. The number of amides is 1. The maximum absolute atomic E-state index is 13.8. The van der Waals surface area contributed by atoms with Gasteiger partial charge in [-0.05, 0) is 31.9 Å². The number of halogens is 2. The number of carbonyl (C=O) groups is 1. The van der Waals surface area contributed by atoms with E-state index in [0.717, 1.165) is 25.0 Å². The number of piperazine rings is 1. The Morgan fingerprint density at radius 1 is 1.20 bits per heavy atom. The van der Waals surface area contributed by atoms with E-state index in [4.69, 9.17) is 0 Å². The second-order valence-corrected chi connectivity index (χ2v) is 8.38. The molecule has 1 aliphatic heterocycles. The Labute approximate surface area is 145 Å². The maximum Gasteiger partial charge on any atom is 0.246 e. The van der Waals surface area contributed by atoms with Crippen molar-refractivity contribution in [2.24, 2.45) is 0 Å². The Balaban J connectivity index is 1.63. The first-order chi connectivity index (χ1) is 11.8. The Kier molecular flexibility index (Phi) is 5.08. The van der Waals surface area contributed by atoms with Gasteiger partial charge in [-0.3, -0.25) is 9.69 Å².